The maximum absolute atomic E-state index is 5.36. The van der Waals surface area contributed by atoms with E-state index < -0.39 is 0 Å². The summed E-state index contributed by atoms with van der Waals surface area (Å²) in [7, 11) is 0. The van der Waals surface area contributed by atoms with Crippen molar-refractivity contribution in [2.24, 2.45) is 5.92 Å². The molecule has 0 spiro atoms. The lowest BCUT2D eigenvalue weighted by atomic mass is 10.1. The van der Waals surface area contributed by atoms with Crippen LogP contribution in [0.25, 0.3) is 0 Å². The predicted octanol–water partition coefficient (Wildman–Crippen LogP) is 1.91. The van der Waals surface area contributed by atoms with E-state index in [4.69, 9.17) is 4.74 Å². The average molecular weight is 203 g/mol. The molecule has 0 bridgehead atoms. The number of ether oxygens (including phenoxy) is 1. The minimum atomic E-state index is 0.589. The number of epoxide rings is 1. The molecule has 0 saturated carbocycles. The predicted molar refractivity (Wildman–Crippen MR) is 59.6 cm³/mol. The van der Waals surface area contributed by atoms with Crippen molar-refractivity contribution in [3.05, 3.63) is 35.9 Å². The van der Waals surface area contributed by atoms with Gasteiger partial charge in [0.05, 0.1) is 12.7 Å². The number of hydrogen-bond acceptors (Lipinski definition) is 2. The highest BCUT2D eigenvalue weighted by molar-refractivity contribution is 5.14. The fraction of sp³-hybridized carbons (Fsp3) is 0.538. The third-order valence-electron chi connectivity index (χ3n) is 3.44. The van der Waals surface area contributed by atoms with Gasteiger partial charge in [0, 0.05) is 19.0 Å². The van der Waals surface area contributed by atoms with E-state index in [-0.39, 0.29) is 0 Å². The van der Waals surface area contributed by atoms with Crippen molar-refractivity contribution in [1.82, 2.24) is 4.90 Å². The summed E-state index contributed by atoms with van der Waals surface area (Å²) >= 11 is 0. The van der Waals surface area contributed by atoms with Gasteiger partial charge < -0.3 is 4.74 Å². The first-order valence-electron chi connectivity index (χ1n) is 5.80. The van der Waals surface area contributed by atoms with Gasteiger partial charge in [-0.25, -0.2) is 0 Å². The van der Waals surface area contributed by atoms with Gasteiger partial charge in [-0.1, -0.05) is 30.3 Å². The molecule has 1 aromatic carbocycles. The average Bonchev–Trinajstić information content (AvgIpc) is 3.02. The number of nitrogens with zero attached hydrogens (tertiary/aromatic N) is 1. The zero-order valence-corrected chi connectivity index (χ0v) is 8.93. The Kier molecular flexibility index (Phi) is 2.47. The van der Waals surface area contributed by atoms with Gasteiger partial charge in [0.2, 0.25) is 0 Å². The Balaban J connectivity index is 1.56. The third-order valence-corrected chi connectivity index (χ3v) is 3.44. The maximum Gasteiger partial charge on any atom is 0.0850 e. The van der Waals surface area contributed by atoms with Crippen LogP contribution in [0.1, 0.15) is 12.0 Å². The molecule has 80 valence electrons. The van der Waals surface area contributed by atoms with Crippen molar-refractivity contribution in [2.75, 3.05) is 19.7 Å². The minimum absolute atomic E-state index is 0.589. The van der Waals surface area contributed by atoms with E-state index in [1.807, 2.05) is 0 Å². The number of rotatable bonds is 3. The lowest BCUT2D eigenvalue weighted by Crippen LogP contribution is -2.21. The van der Waals surface area contributed by atoms with Crippen LogP contribution in [0.5, 0.6) is 0 Å². The van der Waals surface area contributed by atoms with Gasteiger partial charge >= 0.3 is 0 Å². The van der Waals surface area contributed by atoms with E-state index in [1.165, 1.54) is 25.1 Å². The van der Waals surface area contributed by atoms with Gasteiger partial charge in [-0.3, -0.25) is 4.90 Å². The van der Waals surface area contributed by atoms with Gasteiger partial charge in [-0.2, -0.15) is 0 Å². The smallest absolute Gasteiger partial charge is 0.0850 e. The molecule has 2 heterocycles. The zero-order chi connectivity index (χ0) is 10.1. The summed E-state index contributed by atoms with van der Waals surface area (Å²) < 4.78 is 5.36. The van der Waals surface area contributed by atoms with Crippen LogP contribution in [0.4, 0.5) is 0 Å². The summed E-state index contributed by atoms with van der Waals surface area (Å²) in [5, 5.41) is 0. The second-order valence-electron chi connectivity index (χ2n) is 4.64. The van der Waals surface area contributed by atoms with Crippen LogP contribution in [0.2, 0.25) is 0 Å². The Morgan fingerprint density at radius 1 is 1.27 bits per heavy atom. The normalized spacial score (nSPS) is 30.7. The van der Waals surface area contributed by atoms with Crippen LogP contribution >= 0.6 is 0 Å². The second kappa shape index (κ2) is 3.95. The molecule has 0 unspecified atom stereocenters. The van der Waals surface area contributed by atoms with Crippen LogP contribution in [-0.2, 0) is 11.3 Å². The van der Waals surface area contributed by atoms with E-state index in [0.29, 0.717) is 6.10 Å². The van der Waals surface area contributed by atoms with Gasteiger partial charge in [0.1, 0.15) is 0 Å². The van der Waals surface area contributed by atoms with E-state index in [1.54, 1.807) is 0 Å². The van der Waals surface area contributed by atoms with Crippen LogP contribution in [0, 0.1) is 5.92 Å². The van der Waals surface area contributed by atoms with E-state index in [9.17, 15) is 0 Å². The molecular weight excluding hydrogens is 186 g/mol. The molecule has 3 rings (SSSR count). The van der Waals surface area contributed by atoms with Crippen LogP contribution < -0.4 is 0 Å². The second-order valence-corrected chi connectivity index (χ2v) is 4.64. The number of hydrogen-bond donors (Lipinski definition) is 0. The van der Waals surface area contributed by atoms with Gasteiger partial charge in [0.15, 0.2) is 0 Å². The lowest BCUT2D eigenvalue weighted by Gasteiger charge is -2.15. The van der Waals surface area contributed by atoms with Crippen molar-refractivity contribution >= 4 is 0 Å². The molecule has 2 nitrogen and oxygen atoms in total. The molecule has 0 radical (unpaired) electrons. The largest absolute Gasteiger partial charge is 0.373 e. The zero-order valence-electron chi connectivity index (χ0n) is 8.93. The third kappa shape index (κ3) is 2.21. The summed E-state index contributed by atoms with van der Waals surface area (Å²) in [6.07, 6.45) is 1.91. The first kappa shape index (κ1) is 9.37. The fourth-order valence-corrected chi connectivity index (χ4v) is 2.48. The highest BCUT2D eigenvalue weighted by Crippen LogP contribution is 2.29. The van der Waals surface area contributed by atoms with Crippen molar-refractivity contribution in [3.8, 4) is 0 Å². The molecule has 2 saturated heterocycles. The van der Waals surface area contributed by atoms with Gasteiger partial charge in [-0.05, 0) is 18.5 Å². The molecule has 2 heteroatoms. The van der Waals surface area contributed by atoms with Gasteiger partial charge in [0.25, 0.3) is 0 Å². The molecule has 2 atom stereocenters. The molecule has 15 heavy (non-hydrogen) atoms. The molecular formula is C13H17NO. The summed E-state index contributed by atoms with van der Waals surface area (Å²) in [4.78, 5) is 2.54. The van der Waals surface area contributed by atoms with E-state index in [0.717, 1.165) is 19.1 Å². The first-order chi connectivity index (χ1) is 7.42. The minimum Gasteiger partial charge on any atom is -0.373 e. The molecule has 2 aliphatic rings. The molecule has 0 aliphatic carbocycles. The monoisotopic (exact) mass is 203 g/mol. The standard InChI is InChI=1S/C13H17NO/c1-2-4-11(5-3-1)8-14-7-6-12(9-14)13-10-15-13/h1-5,12-13H,6-10H2/t12-,13+/m0/s1. The molecule has 0 amide bonds. The van der Waals surface area contributed by atoms with Crippen LogP contribution in [0.15, 0.2) is 30.3 Å². The van der Waals surface area contributed by atoms with E-state index in [2.05, 4.69) is 35.2 Å². The molecule has 0 N–H and O–H groups in total. The Bertz CT molecular complexity index is 321. The van der Waals surface area contributed by atoms with Gasteiger partial charge in [-0.15, -0.1) is 0 Å². The highest BCUT2D eigenvalue weighted by Gasteiger charge is 2.36. The molecule has 0 aromatic heterocycles. The fourth-order valence-electron chi connectivity index (χ4n) is 2.48. The molecule has 2 aliphatic heterocycles. The Hall–Kier alpha value is -0.860. The summed E-state index contributed by atoms with van der Waals surface area (Å²) in [6.45, 7) is 4.56. The Labute approximate surface area is 90.8 Å². The SMILES string of the molecule is c1ccc(CN2CC[C@H]([C@H]3CO3)C2)cc1. The lowest BCUT2D eigenvalue weighted by molar-refractivity contribution is 0.288. The number of benzene rings is 1. The van der Waals surface area contributed by atoms with E-state index >= 15 is 0 Å². The molecule has 2 fully saturated rings. The maximum atomic E-state index is 5.36. The quantitative estimate of drug-likeness (QED) is 0.697. The van der Waals surface area contributed by atoms with Crippen molar-refractivity contribution in [3.63, 3.8) is 0 Å². The molecule has 1 aromatic rings. The summed E-state index contributed by atoms with van der Waals surface area (Å²) in [5.41, 5.74) is 1.43. The highest BCUT2D eigenvalue weighted by atomic mass is 16.6. The van der Waals surface area contributed by atoms with Crippen molar-refractivity contribution in [2.45, 2.75) is 19.1 Å². The van der Waals surface area contributed by atoms with Crippen molar-refractivity contribution in [1.29, 1.82) is 0 Å². The Morgan fingerprint density at radius 2 is 2.07 bits per heavy atom. The summed E-state index contributed by atoms with van der Waals surface area (Å²) in [6, 6.07) is 10.7. The number of likely N-dealkylation sites (tertiary alicyclic amines) is 1. The van der Waals surface area contributed by atoms with Crippen molar-refractivity contribution < 1.29 is 4.74 Å². The Morgan fingerprint density at radius 3 is 2.80 bits per heavy atom. The van der Waals surface area contributed by atoms with Crippen LogP contribution in [0.3, 0.4) is 0 Å². The topological polar surface area (TPSA) is 15.8 Å². The van der Waals surface area contributed by atoms with Crippen LogP contribution in [-0.4, -0.2) is 30.7 Å². The summed E-state index contributed by atoms with van der Waals surface area (Å²) in [5.74, 6) is 0.800. The first-order valence-corrected chi connectivity index (χ1v) is 5.80.